The first-order chi connectivity index (χ1) is 14.2. The van der Waals surface area contributed by atoms with E-state index in [-0.39, 0.29) is 0 Å². The fourth-order valence-corrected chi connectivity index (χ4v) is 6.12. The lowest BCUT2D eigenvalue weighted by molar-refractivity contribution is 0.356. The molecule has 0 bridgehead atoms. The highest BCUT2D eigenvalue weighted by Gasteiger charge is 2.16. The van der Waals surface area contributed by atoms with Crippen molar-refractivity contribution in [1.29, 1.82) is 0 Å². The van der Waals surface area contributed by atoms with E-state index in [1.165, 1.54) is 75.4 Å². The van der Waals surface area contributed by atoms with Gasteiger partial charge in [0.15, 0.2) is 0 Å². The van der Waals surface area contributed by atoms with Crippen molar-refractivity contribution in [2.75, 3.05) is 0 Å². The maximum absolute atomic E-state index is 4.78. The predicted molar refractivity (Wildman–Crippen MR) is 127 cm³/mol. The summed E-state index contributed by atoms with van der Waals surface area (Å²) in [5, 5.41) is 2.73. The first-order valence-electron chi connectivity index (χ1n) is 11.1. The fraction of sp³-hybridized carbons (Fsp3) is 0.370. The van der Waals surface area contributed by atoms with E-state index in [1.54, 1.807) is 0 Å². The van der Waals surface area contributed by atoms with Gasteiger partial charge in [-0.1, -0.05) is 76.3 Å². The standard InChI is InChI=1S/C27H29NS/c1-18(2)21-11-12-22-23-9-6-10-24(27(23)29-26(22)17-21)25-16-20(13-14-28-25)15-19-7-4-3-5-8-19/h6,9-14,16-19H,3-5,7-8,15H2,1-2H3. The van der Waals surface area contributed by atoms with Gasteiger partial charge in [0, 0.05) is 31.9 Å². The van der Waals surface area contributed by atoms with E-state index in [2.05, 4.69) is 62.4 Å². The molecule has 4 aromatic rings. The van der Waals surface area contributed by atoms with Crippen LogP contribution < -0.4 is 0 Å². The average molecular weight is 400 g/mol. The molecule has 0 radical (unpaired) electrons. The Morgan fingerprint density at radius 1 is 0.966 bits per heavy atom. The molecular formula is C27H29NS. The molecule has 1 aliphatic rings. The second-order valence-corrected chi connectivity index (χ2v) is 10.0. The fourth-order valence-electron chi connectivity index (χ4n) is 4.85. The van der Waals surface area contributed by atoms with E-state index in [1.807, 2.05) is 17.5 Å². The molecule has 29 heavy (non-hydrogen) atoms. The first-order valence-corrected chi connectivity index (χ1v) is 11.9. The van der Waals surface area contributed by atoms with Crippen LogP contribution in [0.4, 0.5) is 0 Å². The van der Waals surface area contributed by atoms with Crippen LogP contribution in [0.2, 0.25) is 0 Å². The van der Waals surface area contributed by atoms with Crippen LogP contribution in [-0.4, -0.2) is 4.98 Å². The molecule has 2 aromatic carbocycles. The molecule has 0 saturated heterocycles. The normalized spacial score (nSPS) is 15.6. The predicted octanol–water partition coefficient (Wildman–Crippen LogP) is 8.36. The minimum atomic E-state index is 0.558. The molecule has 2 aromatic heterocycles. The van der Waals surface area contributed by atoms with Gasteiger partial charge >= 0.3 is 0 Å². The number of thiophene rings is 1. The quantitative estimate of drug-likeness (QED) is 0.336. The van der Waals surface area contributed by atoms with Gasteiger partial charge in [-0.25, -0.2) is 0 Å². The third-order valence-corrected chi connectivity index (χ3v) is 7.74. The summed E-state index contributed by atoms with van der Waals surface area (Å²) < 4.78 is 2.75. The lowest BCUT2D eigenvalue weighted by Gasteiger charge is -2.21. The summed E-state index contributed by atoms with van der Waals surface area (Å²) in [5.41, 5.74) is 5.26. The van der Waals surface area contributed by atoms with Crippen LogP contribution in [0, 0.1) is 5.92 Å². The molecule has 1 nitrogen and oxygen atoms in total. The van der Waals surface area contributed by atoms with Gasteiger partial charge in [0.05, 0.1) is 5.69 Å². The highest BCUT2D eigenvalue weighted by atomic mass is 32.1. The monoisotopic (exact) mass is 399 g/mol. The SMILES string of the molecule is CC(C)c1ccc2c(c1)sc1c(-c3cc(CC4CCCCC4)ccn3)cccc12. The number of pyridine rings is 1. The summed E-state index contributed by atoms with van der Waals surface area (Å²) in [5.74, 6) is 1.41. The van der Waals surface area contributed by atoms with Crippen LogP contribution >= 0.6 is 11.3 Å². The molecule has 1 aliphatic carbocycles. The Labute approximate surface area is 177 Å². The smallest absolute Gasteiger partial charge is 0.0719 e. The Morgan fingerprint density at radius 2 is 1.83 bits per heavy atom. The highest BCUT2D eigenvalue weighted by Crippen LogP contribution is 2.40. The van der Waals surface area contributed by atoms with Crippen molar-refractivity contribution < 1.29 is 0 Å². The van der Waals surface area contributed by atoms with Crippen molar-refractivity contribution in [3.05, 3.63) is 65.9 Å². The molecule has 2 heterocycles. The number of nitrogens with zero attached hydrogens (tertiary/aromatic N) is 1. The Morgan fingerprint density at radius 3 is 2.66 bits per heavy atom. The summed E-state index contributed by atoms with van der Waals surface area (Å²) in [6, 6.07) is 18.2. The third kappa shape index (κ3) is 3.71. The molecule has 0 spiro atoms. The van der Waals surface area contributed by atoms with Crippen molar-refractivity contribution in [2.24, 2.45) is 5.92 Å². The number of hydrogen-bond acceptors (Lipinski definition) is 2. The molecule has 148 valence electrons. The summed E-state index contributed by atoms with van der Waals surface area (Å²) >= 11 is 1.92. The average Bonchev–Trinajstić information content (AvgIpc) is 3.12. The van der Waals surface area contributed by atoms with E-state index in [0.717, 1.165) is 11.6 Å². The molecule has 0 atom stereocenters. The second kappa shape index (κ2) is 7.91. The summed E-state index contributed by atoms with van der Waals surface area (Å²) in [6.45, 7) is 4.53. The molecule has 1 saturated carbocycles. The minimum Gasteiger partial charge on any atom is -0.256 e. The Bertz CT molecular complexity index is 1150. The summed E-state index contributed by atoms with van der Waals surface area (Å²) in [4.78, 5) is 4.78. The highest BCUT2D eigenvalue weighted by molar-refractivity contribution is 7.26. The van der Waals surface area contributed by atoms with Crippen LogP contribution in [0.1, 0.15) is 63.0 Å². The van der Waals surface area contributed by atoms with Gasteiger partial charge in [0.25, 0.3) is 0 Å². The maximum atomic E-state index is 4.78. The van der Waals surface area contributed by atoms with E-state index in [0.29, 0.717) is 5.92 Å². The molecule has 5 rings (SSSR count). The second-order valence-electron chi connectivity index (χ2n) is 8.95. The summed E-state index contributed by atoms with van der Waals surface area (Å²) in [7, 11) is 0. The van der Waals surface area contributed by atoms with E-state index in [4.69, 9.17) is 4.98 Å². The molecule has 1 fully saturated rings. The van der Waals surface area contributed by atoms with E-state index >= 15 is 0 Å². The lowest BCUT2D eigenvalue weighted by Crippen LogP contribution is -2.09. The molecule has 2 heteroatoms. The number of aromatic nitrogens is 1. The number of benzene rings is 2. The Hall–Kier alpha value is -2.19. The van der Waals surface area contributed by atoms with Crippen molar-refractivity contribution in [1.82, 2.24) is 4.98 Å². The van der Waals surface area contributed by atoms with Gasteiger partial charge in [-0.05, 0) is 47.6 Å². The van der Waals surface area contributed by atoms with Crippen molar-refractivity contribution in [2.45, 2.75) is 58.3 Å². The molecule has 0 unspecified atom stereocenters. The van der Waals surface area contributed by atoms with Gasteiger partial charge in [-0.2, -0.15) is 0 Å². The molecule has 0 N–H and O–H groups in total. The van der Waals surface area contributed by atoms with Gasteiger partial charge in [-0.3, -0.25) is 4.98 Å². The number of rotatable bonds is 4. The third-order valence-electron chi connectivity index (χ3n) is 6.54. The van der Waals surface area contributed by atoms with Crippen LogP contribution in [0.15, 0.2) is 54.7 Å². The zero-order valence-corrected chi connectivity index (χ0v) is 18.3. The minimum absolute atomic E-state index is 0.558. The van der Waals surface area contributed by atoms with Crippen molar-refractivity contribution in [3.8, 4) is 11.3 Å². The van der Waals surface area contributed by atoms with Gasteiger partial charge in [0.2, 0.25) is 0 Å². The Balaban J connectivity index is 1.56. The number of fused-ring (bicyclic) bond motifs is 3. The van der Waals surface area contributed by atoms with Gasteiger partial charge in [-0.15, -0.1) is 11.3 Å². The summed E-state index contributed by atoms with van der Waals surface area (Å²) in [6.07, 6.45) is 10.2. The van der Waals surface area contributed by atoms with Crippen molar-refractivity contribution in [3.63, 3.8) is 0 Å². The molecule has 0 aliphatic heterocycles. The van der Waals surface area contributed by atoms with Gasteiger partial charge < -0.3 is 0 Å². The zero-order chi connectivity index (χ0) is 19.8. The number of hydrogen-bond donors (Lipinski definition) is 0. The Kier molecular flexibility index (Phi) is 5.13. The van der Waals surface area contributed by atoms with Crippen LogP contribution in [0.25, 0.3) is 31.4 Å². The van der Waals surface area contributed by atoms with E-state index in [9.17, 15) is 0 Å². The van der Waals surface area contributed by atoms with E-state index < -0.39 is 0 Å². The van der Waals surface area contributed by atoms with Crippen LogP contribution in [0.3, 0.4) is 0 Å². The first kappa shape index (κ1) is 18.8. The van der Waals surface area contributed by atoms with Crippen LogP contribution in [0.5, 0.6) is 0 Å². The molecule has 0 amide bonds. The lowest BCUT2D eigenvalue weighted by atomic mass is 9.85. The zero-order valence-electron chi connectivity index (χ0n) is 17.4. The largest absolute Gasteiger partial charge is 0.256 e. The van der Waals surface area contributed by atoms with Crippen molar-refractivity contribution >= 4 is 31.5 Å². The topological polar surface area (TPSA) is 12.9 Å². The molecular weight excluding hydrogens is 370 g/mol. The van der Waals surface area contributed by atoms with Crippen LogP contribution in [-0.2, 0) is 6.42 Å². The maximum Gasteiger partial charge on any atom is 0.0719 e. The van der Waals surface area contributed by atoms with Gasteiger partial charge in [0.1, 0.15) is 0 Å².